The van der Waals surface area contributed by atoms with Crippen molar-refractivity contribution in [3.63, 3.8) is 0 Å². The zero-order valence-corrected chi connectivity index (χ0v) is 13.5. The molecule has 1 aliphatic rings. The Morgan fingerprint density at radius 3 is 1.54 bits per heavy atom. The van der Waals surface area contributed by atoms with Crippen LogP contribution in [0.4, 0.5) is 26.3 Å². The minimum absolute atomic E-state index is 0.772. The Morgan fingerprint density at radius 2 is 1.21 bits per heavy atom. The molecule has 0 radical (unpaired) electrons. The minimum Gasteiger partial charge on any atom is -0.476 e. The van der Waals surface area contributed by atoms with E-state index < -0.39 is 69.0 Å². The zero-order chi connectivity index (χ0) is 21.7. The van der Waals surface area contributed by atoms with E-state index in [4.69, 9.17) is 0 Å². The number of esters is 3. The second-order valence-electron chi connectivity index (χ2n) is 4.74. The molecule has 0 spiro atoms. The first-order valence-corrected chi connectivity index (χ1v) is 6.80. The van der Waals surface area contributed by atoms with Crippen molar-refractivity contribution in [2.24, 2.45) is 0 Å². The minimum atomic E-state index is -4.97. The third-order valence-electron chi connectivity index (χ3n) is 2.57. The average molecular weight is 426 g/mol. The molecule has 158 valence electrons. The Morgan fingerprint density at radius 1 is 0.821 bits per heavy atom. The van der Waals surface area contributed by atoms with Gasteiger partial charge in [-0.2, -0.15) is 26.3 Å². The average Bonchev–Trinajstić information content (AvgIpc) is 2.99. The molecule has 10 nitrogen and oxygen atoms in total. The van der Waals surface area contributed by atoms with Gasteiger partial charge in [0.05, 0.1) is 7.11 Å². The summed E-state index contributed by atoms with van der Waals surface area (Å²) < 4.78 is 97.4. The summed E-state index contributed by atoms with van der Waals surface area (Å²) >= 11 is 0. The lowest BCUT2D eigenvalue weighted by molar-refractivity contribution is -0.198. The van der Waals surface area contributed by atoms with Crippen LogP contribution in [0.15, 0.2) is 0 Å². The molecule has 0 saturated carbocycles. The Balaban J connectivity index is 2.86. The molecular weight excluding hydrogens is 417 g/mol. The Kier molecular flexibility index (Phi) is 7.62. The van der Waals surface area contributed by atoms with Crippen LogP contribution in [0.5, 0.6) is 0 Å². The van der Waals surface area contributed by atoms with Gasteiger partial charge in [0.15, 0.2) is 25.4 Å². The first kappa shape index (κ1) is 23.5. The number of halogens is 6. The first-order chi connectivity index (χ1) is 12.7. The van der Waals surface area contributed by atoms with Crippen molar-refractivity contribution in [1.82, 2.24) is 0 Å². The summed E-state index contributed by atoms with van der Waals surface area (Å²) in [7, 11) is -1.56. The first-order valence-electron chi connectivity index (χ1n) is 6.80. The lowest BCUT2D eigenvalue weighted by Crippen LogP contribution is -2.41. The van der Waals surface area contributed by atoms with Gasteiger partial charge in [0.25, 0.3) is 0 Å². The molecule has 28 heavy (non-hydrogen) atoms. The Hall–Kier alpha value is -2.56. The van der Waals surface area contributed by atoms with Gasteiger partial charge >= 0.3 is 43.6 Å². The molecular formula is C11H9BF6O10. The molecule has 1 saturated heterocycles. The normalized spacial score (nSPS) is 19.8. The van der Waals surface area contributed by atoms with E-state index in [2.05, 4.69) is 28.2 Å². The quantitative estimate of drug-likeness (QED) is 0.190. The third kappa shape index (κ3) is 7.59. The highest BCUT2D eigenvalue weighted by Gasteiger charge is 2.54. The summed E-state index contributed by atoms with van der Waals surface area (Å²) in [5, 5.41) is 0. The highest BCUT2D eigenvalue weighted by Crippen LogP contribution is 2.23. The number of hydrogen-bond acceptors (Lipinski definition) is 10. The standard InChI is InChI=1S/C11H9BF6O10/c1-23-8(21)9(22)28-12-26-4(6(19)24-2-10(13,14)15)5(27-12)7(20)25-3-11(16,17)18/h4-5H,2-3H2,1H3. The smallest absolute Gasteiger partial charge is 0.476 e. The van der Waals surface area contributed by atoms with E-state index in [0.717, 1.165) is 7.11 Å². The number of rotatable bonds is 5. The molecule has 1 aliphatic heterocycles. The van der Waals surface area contributed by atoms with Crippen molar-refractivity contribution < 1.29 is 73.7 Å². The molecule has 17 heteroatoms. The van der Waals surface area contributed by atoms with E-state index in [1.165, 1.54) is 0 Å². The van der Waals surface area contributed by atoms with Crippen LogP contribution in [0.3, 0.4) is 0 Å². The van der Waals surface area contributed by atoms with E-state index >= 15 is 0 Å². The molecule has 1 heterocycles. The summed E-state index contributed by atoms with van der Waals surface area (Å²) in [6.07, 6.45) is -14.7. The Bertz CT molecular complexity index is 582. The lowest BCUT2D eigenvalue weighted by Gasteiger charge is -2.17. The van der Waals surface area contributed by atoms with Crippen molar-refractivity contribution in [3.05, 3.63) is 0 Å². The second kappa shape index (κ2) is 9.09. The van der Waals surface area contributed by atoms with Crippen molar-refractivity contribution in [2.75, 3.05) is 20.3 Å². The molecule has 0 aromatic heterocycles. The highest BCUT2D eigenvalue weighted by molar-refractivity contribution is 6.46. The second-order valence-corrected chi connectivity index (χ2v) is 4.74. The van der Waals surface area contributed by atoms with Gasteiger partial charge in [0.1, 0.15) is 0 Å². The van der Waals surface area contributed by atoms with Crippen LogP contribution in [0.25, 0.3) is 0 Å². The third-order valence-corrected chi connectivity index (χ3v) is 2.57. The number of alkyl halides is 6. The number of ether oxygens (including phenoxy) is 3. The number of hydrogen-bond donors (Lipinski definition) is 0. The van der Waals surface area contributed by atoms with Gasteiger partial charge in [-0.1, -0.05) is 0 Å². The topological polar surface area (TPSA) is 124 Å². The van der Waals surface area contributed by atoms with Gasteiger partial charge < -0.3 is 28.2 Å². The fourth-order valence-electron chi connectivity index (χ4n) is 1.52. The van der Waals surface area contributed by atoms with Gasteiger partial charge in [-0.25, -0.2) is 19.2 Å². The van der Waals surface area contributed by atoms with Crippen molar-refractivity contribution >= 4 is 31.2 Å². The van der Waals surface area contributed by atoms with Crippen LogP contribution >= 0.6 is 0 Å². The van der Waals surface area contributed by atoms with Crippen LogP contribution in [-0.2, 0) is 47.4 Å². The van der Waals surface area contributed by atoms with Gasteiger partial charge in [-0.3, -0.25) is 0 Å². The van der Waals surface area contributed by atoms with Gasteiger partial charge in [-0.05, 0) is 0 Å². The fourth-order valence-corrected chi connectivity index (χ4v) is 1.52. The van der Waals surface area contributed by atoms with Crippen LogP contribution in [0.2, 0.25) is 0 Å². The molecule has 2 unspecified atom stereocenters. The van der Waals surface area contributed by atoms with E-state index in [0.29, 0.717) is 0 Å². The number of carbonyl (C=O) groups is 4. The maximum atomic E-state index is 12.1. The maximum absolute atomic E-state index is 12.1. The molecule has 0 bridgehead atoms. The molecule has 2 atom stereocenters. The van der Waals surface area contributed by atoms with Crippen LogP contribution < -0.4 is 0 Å². The largest absolute Gasteiger partial charge is 0.717 e. The molecule has 1 rings (SSSR count). The van der Waals surface area contributed by atoms with E-state index in [9.17, 15) is 45.5 Å². The zero-order valence-electron chi connectivity index (χ0n) is 13.5. The lowest BCUT2D eigenvalue weighted by atomic mass is 10.2. The predicted octanol–water partition coefficient (Wildman–Crippen LogP) is -0.318. The summed E-state index contributed by atoms with van der Waals surface area (Å²) in [4.78, 5) is 45.4. The summed E-state index contributed by atoms with van der Waals surface area (Å²) in [5.74, 6) is -7.13. The molecule has 0 amide bonds. The summed E-state index contributed by atoms with van der Waals surface area (Å²) in [6.45, 7) is -4.24. The SMILES string of the molecule is COC(=O)C(=O)OB1OC(C(=O)OCC(F)(F)F)C(C(=O)OCC(F)(F)F)O1. The monoisotopic (exact) mass is 426 g/mol. The van der Waals surface area contributed by atoms with Crippen LogP contribution in [0.1, 0.15) is 0 Å². The van der Waals surface area contributed by atoms with Crippen molar-refractivity contribution in [1.29, 1.82) is 0 Å². The van der Waals surface area contributed by atoms with Crippen LogP contribution in [-0.4, -0.2) is 76.1 Å². The maximum Gasteiger partial charge on any atom is 0.717 e. The van der Waals surface area contributed by atoms with Crippen molar-refractivity contribution in [3.8, 4) is 0 Å². The molecule has 1 fully saturated rings. The predicted molar refractivity (Wildman–Crippen MR) is 67.6 cm³/mol. The van der Waals surface area contributed by atoms with E-state index in [1.54, 1.807) is 0 Å². The fraction of sp³-hybridized carbons (Fsp3) is 0.636. The van der Waals surface area contributed by atoms with E-state index in [-0.39, 0.29) is 0 Å². The van der Waals surface area contributed by atoms with Gasteiger partial charge in [0, 0.05) is 0 Å². The van der Waals surface area contributed by atoms with Crippen molar-refractivity contribution in [2.45, 2.75) is 24.6 Å². The molecule has 0 N–H and O–H groups in total. The summed E-state index contributed by atoms with van der Waals surface area (Å²) in [5.41, 5.74) is 0. The Labute approximate surface area is 151 Å². The van der Waals surface area contributed by atoms with Crippen LogP contribution in [0, 0.1) is 0 Å². The highest BCUT2D eigenvalue weighted by atomic mass is 19.4. The van der Waals surface area contributed by atoms with E-state index in [1.807, 2.05) is 0 Å². The molecule has 0 aromatic carbocycles. The van der Waals surface area contributed by atoms with Gasteiger partial charge in [0.2, 0.25) is 0 Å². The molecule has 0 aliphatic carbocycles. The number of carbonyl (C=O) groups excluding carboxylic acids is 4. The number of methoxy groups -OCH3 is 1. The summed E-state index contributed by atoms with van der Waals surface area (Å²) in [6, 6.07) is 0. The van der Waals surface area contributed by atoms with Gasteiger partial charge in [-0.15, -0.1) is 0 Å². The molecule has 0 aromatic rings.